The molecule has 25 heavy (non-hydrogen) atoms. The van der Waals surface area contributed by atoms with Gasteiger partial charge in [0.05, 0.1) is 6.42 Å². The Morgan fingerprint density at radius 1 is 1.04 bits per heavy atom. The fourth-order valence-electron chi connectivity index (χ4n) is 2.37. The molecular weight excluding hydrogens is 382 g/mol. The van der Waals surface area contributed by atoms with Crippen molar-refractivity contribution in [3.05, 3.63) is 70.2 Å². The molecule has 0 aliphatic heterocycles. The number of halogens is 1. The van der Waals surface area contributed by atoms with Crippen molar-refractivity contribution in [2.24, 2.45) is 5.92 Å². The fourth-order valence-corrected chi connectivity index (χ4v) is 2.82. The van der Waals surface area contributed by atoms with Gasteiger partial charge in [0.2, 0.25) is 5.91 Å². The van der Waals surface area contributed by atoms with Crippen LogP contribution in [0.15, 0.2) is 59.1 Å². The van der Waals surface area contributed by atoms with E-state index in [1.165, 1.54) is 0 Å². The van der Waals surface area contributed by atoms with E-state index in [1.54, 1.807) is 0 Å². The Bertz CT molecular complexity index is 716. The Balaban J connectivity index is 1.92. The zero-order chi connectivity index (χ0) is 18.2. The van der Waals surface area contributed by atoms with Gasteiger partial charge in [-0.1, -0.05) is 72.2 Å². The monoisotopic (exact) mass is 403 g/mol. The molecule has 0 heterocycles. The van der Waals surface area contributed by atoms with E-state index in [0.717, 1.165) is 15.6 Å². The lowest BCUT2D eigenvalue weighted by molar-refractivity contribution is -0.150. The highest BCUT2D eigenvalue weighted by atomic mass is 79.9. The molecule has 0 radical (unpaired) electrons. The molecule has 1 atom stereocenters. The highest BCUT2D eigenvalue weighted by molar-refractivity contribution is 9.10. The number of amides is 1. The van der Waals surface area contributed by atoms with Crippen molar-refractivity contribution >= 4 is 27.8 Å². The van der Waals surface area contributed by atoms with Gasteiger partial charge in [-0.3, -0.25) is 4.79 Å². The van der Waals surface area contributed by atoms with Crippen LogP contribution in [-0.4, -0.2) is 17.9 Å². The first-order valence-electron chi connectivity index (χ1n) is 8.20. The molecule has 0 unspecified atom stereocenters. The minimum Gasteiger partial charge on any atom is -0.459 e. The molecule has 0 saturated carbocycles. The Hall–Kier alpha value is -2.14. The van der Waals surface area contributed by atoms with Gasteiger partial charge in [-0.15, -0.1) is 0 Å². The second-order valence-corrected chi connectivity index (χ2v) is 7.10. The van der Waals surface area contributed by atoms with Crippen molar-refractivity contribution < 1.29 is 14.3 Å². The summed E-state index contributed by atoms with van der Waals surface area (Å²) < 4.78 is 6.31. The first-order chi connectivity index (χ1) is 12.0. The van der Waals surface area contributed by atoms with E-state index < -0.39 is 12.0 Å². The minimum atomic E-state index is -0.664. The average Bonchev–Trinajstić information content (AvgIpc) is 2.58. The molecule has 132 valence electrons. The SMILES string of the molecule is CC(C)[C@H](NC(=O)Cc1ccccc1)C(=O)OCc1cccc(Br)c1. The number of rotatable bonds is 7. The van der Waals surface area contributed by atoms with Gasteiger partial charge in [-0.25, -0.2) is 4.79 Å². The minimum absolute atomic E-state index is 0.0604. The molecule has 0 aliphatic rings. The third-order valence-corrected chi connectivity index (χ3v) is 4.21. The van der Waals surface area contributed by atoms with Gasteiger partial charge in [0.15, 0.2) is 0 Å². The van der Waals surface area contributed by atoms with Gasteiger partial charge in [0.1, 0.15) is 12.6 Å². The summed E-state index contributed by atoms with van der Waals surface area (Å²) in [4.78, 5) is 24.6. The van der Waals surface area contributed by atoms with E-state index in [4.69, 9.17) is 4.74 Å². The van der Waals surface area contributed by atoms with E-state index in [1.807, 2.05) is 68.4 Å². The number of nitrogens with one attached hydrogen (secondary N) is 1. The van der Waals surface area contributed by atoms with Crippen LogP contribution in [0.2, 0.25) is 0 Å². The van der Waals surface area contributed by atoms with Crippen LogP contribution in [-0.2, 0) is 27.4 Å². The number of ether oxygens (including phenoxy) is 1. The van der Waals surface area contributed by atoms with Crippen LogP contribution in [0.5, 0.6) is 0 Å². The summed E-state index contributed by atoms with van der Waals surface area (Å²) in [6.45, 7) is 3.94. The largest absolute Gasteiger partial charge is 0.459 e. The van der Waals surface area contributed by atoms with Crippen LogP contribution < -0.4 is 5.32 Å². The lowest BCUT2D eigenvalue weighted by Gasteiger charge is -2.21. The third-order valence-electron chi connectivity index (χ3n) is 3.71. The summed E-state index contributed by atoms with van der Waals surface area (Å²) in [5.74, 6) is -0.671. The maximum absolute atomic E-state index is 12.4. The summed E-state index contributed by atoms with van der Waals surface area (Å²) >= 11 is 3.39. The zero-order valence-electron chi connectivity index (χ0n) is 14.4. The van der Waals surface area contributed by atoms with Crippen LogP contribution >= 0.6 is 15.9 Å². The van der Waals surface area contributed by atoms with Crippen LogP contribution in [0, 0.1) is 5.92 Å². The van der Waals surface area contributed by atoms with Crippen molar-refractivity contribution in [2.45, 2.75) is 32.9 Å². The molecule has 0 saturated heterocycles. The Morgan fingerprint density at radius 2 is 1.72 bits per heavy atom. The van der Waals surface area contributed by atoms with Crippen LogP contribution in [0.25, 0.3) is 0 Å². The summed E-state index contributed by atoms with van der Waals surface area (Å²) in [5.41, 5.74) is 1.80. The quantitative estimate of drug-likeness (QED) is 0.713. The van der Waals surface area contributed by atoms with E-state index in [2.05, 4.69) is 21.2 Å². The first kappa shape index (κ1) is 19.2. The van der Waals surface area contributed by atoms with Crippen LogP contribution in [0.4, 0.5) is 0 Å². The predicted octanol–water partition coefficient (Wildman–Crippen LogP) is 3.88. The second kappa shape index (κ2) is 9.37. The van der Waals surface area contributed by atoms with Crippen molar-refractivity contribution in [3.63, 3.8) is 0 Å². The van der Waals surface area contributed by atoms with Crippen molar-refractivity contribution in [3.8, 4) is 0 Å². The molecule has 0 fully saturated rings. The summed E-state index contributed by atoms with van der Waals surface area (Å²) in [5, 5.41) is 2.79. The maximum atomic E-state index is 12.4. The Morgan fingerprint density at radius 3 is 2.36 bits per heavy atom. The van der Waals surface area contributed by atoms with Gasteiger partial charge in [0.25, 0.3) is 0 Å². The zero-order valence-corrected chi connectivity index (χ0v) is 16.0. The summed E-state index contributed by atoms with van der Waals surface area (Å²) in [6, 6.07) is 16.3. The topological polar surface area (TPSA) is 55.4 Å². The lowest BCUT2D eigenvalue weighted by atomic mass is 10.0. The lowest BCUT2D eigenvalue weighted by Crippen LogP contribution is -2.45. The van der Waals surface area contributed by atoms with Crippen LogP contribution in [0.1, 0.15) is 25.0 Å². The third kappa shape index (κ3) is 6.35. The van der Waals surface area contributed by atoms with E-state index in [9.17, 15) is 9.59 Å². The molecule has 0 aliphatic carbocycles. The van der Waals surface area contributed by atoms with Gasteiger partial charge >= 0.3 is 5.97 Å². The predicted molar refractivity (Wildman–Crippen MR) is 101 cm³/mol. The number of hydrogen-bond donors (Lipinski definition) is 1. The average molecular weight is 404 g/mol. The number of esters is 1. The van der Waals surface area contributed by atoms with E-state index >= 15 is 0 Å². The summed E-state index contributed by atoms with van der Waals surface area (Å²) in [6.07, 6.45) is 0.239. The molecule has 2 aromatic rings. The molecule has 0 bridgehead atoms. The smallest absolute Gasteiger partial charge is 0.329 e. The van der Waals surface area contributed by atoms with Crippen molar-refractivity contribution in [2.75, 3.05) is 0 Å². The van der Waals surface area contributed by atoms with Gasteiger partial charge in [0, 0.05) is 4.47 Å². The molecule has 2 aromatic carbocycles. The molecule has 0 aromatic heterocycles. The van der Waals surface area contributed by atoms with Gasteiger partial charge < -0.3 is 10.1 Å². The molecule has 5 heteroatoms. The molecule has 2 rings (SSSR count). The molecule has 1 amide bonds. The van der Waals surface area contributed by atoms with Crippen LogP contribution in [0.3, 0.4) is 0 Å². The Labute approximate surface area is 156 Å². The van der Waals surface area contributed by atoms with Crippen molar-refractivity contribution in [1.82, 2.24) is 5.32 Å². The fraction of sp³-hybridized carbons (Fsp3) is 0.300. The number of benzene rings is 2. The van der Waals surface area contributed by atoms with E-state index in [0.29, 0.717) is 0 Å². The highest BCUT2D eigenvalue weighted by Gasteiger charge is 2.25. The number of carbonyl (C=O) groups excluding carboxylic acids is 2. The van der Waals surface area contributed by atoms with Gasteiger partial charge in [-0.2, -0.15) is 0 Å². The van der Waals surface area contributed by atoms with Crippen molar-refractivity contribution in [1.29, 1.82) is 0 Å². The molecule has 0 spiro atoms. The second-order valence-electron chi connectivity index (χ2n) is 6.19. The summed E-state index contributed by atoms with van der Waals surface area (Å²) in [7, 11) is 0. The maximum Gasteiger partial charge on any atom is 0.329 e. The number of carbonyl (C=O) groups is 2. The molecular formula is C20H22BrNO3. The standard InChI is InChI=1S/C20H22BrNO3/c1-14(2)19(22-18(23)12-15-7-4-3-5-8-15)20(24)25-13-16-9-6-10-17(21)11-16/h3-11,14,19H,12-13H2,1-2H3,(H,22,23)/t19-/m0/s1. The number of hydrogen-bond acceptors (Lipinski definition) is 3. The van der Waals surface area contributed by atoms with E-state index in [-0.39, 0.29) is 24.9 Å². The highest BCUT2D eigenvalue weighted by Crippen LogP contribution is 2.13. The molecule has 1 N–H and O–H groups in total. The first-order valence-corrected chi connectivity index (χ1v) is 8.99. The van der Waals surface area contributed by atoms with Gasteiger partial charge in [-0.05, 0) is 29.2 Å². The normalized spacial score (nSPS) is 11.8. The molecule has 4 nitrogen and oxygen atoms in total. The Kier molecular flexibility index (Phi) is 7.19.